The van der Waals surface area contributed by atoms with E-state index in [0.717, 1.165) is 29.2 Å². The maximum absolute atomic E-state index is 12.1. The number of ketones is 2. The van der Waals surface area contributed by atoms with Crippen molar-refractivity contribution in [2.45, 2.75) is 94.8 Å². The molecule has 1 saturated heterocycles. The summed E-state index contributed by atoms with van der Waals surface area (Å²) < 4.78 is 37.1. The number of phenols is 6. The van der Waals surface area contributed by atoms with Gasteiger partial charge in [-0.2, -0.15) is 0 Å². The van der Waals surface area contributed by atoms with Crippen molar-refractivity contribution in [3.05, 3.63) is 97.2 Å². The summed E-state index contributed by atoms with van der Waals surface area (Å²) in [5.74, 6) is -4.99. The Morgan fingerprint density at radius 3 is 1.27 bits per heavy atom. The number of Topliss-reactive ketones (excluding diaryl/α,β-unsaturated/α-hetero) is 1. The average Bonchev–Trinajstić information content (AvgIpc) is 3.96. The molecule has 3 aliphatic heterocycles. The summed E-state index contributed by atoms with van der Waals surface area (Å²) in [4.78, 5) is 90.8. The maximum atomic E-state index is 12.1. The standard InChI is InChI=1S/C13H15NO7S.C13H13NO4.C9H13NO2.C9H10O2.C4H2O3.K/c1-5-6(2)12(17)10(7(3)11(5)16)14-9(15)4-8(13(14)18)22(19,20)21;1-6-7(2)13(18)11(8(3)12(6)17)14-9(15)4-5-10(14)16;1-4-5(2)9(12)7(10)6(3)8(4)11;1-5-4-8(10)6(2)7(3)9(5)11;5-3-1-2-4(6)7-3;/h8,16-17H,4H2,1-3H3,(H,19,20,21);4-5,17-18H,1-3H3;11-12H,10H2,1-3H3;4H,1-3H3;1-2H;/q;;;;;+1/p-1. The quantitative estimate of drug-likeness (QED) is 0.0224. The predicted octanol–water partition coefficient (Wildman–Crippen LogP) is 1.31. The summed E-state index contributed by atoms with van der Waals surface area (Å²) in [6, 6.07) is 0. The molecule has 3 aromatic carbocycles. The number of benzene rings is 3. The molecule has 7 rings (SSSR count). The number of nitrogens with zero attached hydrogens (tertiary/aromatic N) is 2. The second-order valence-electron chi connectivity index (χ2n) is 16.3. The smallest absolute Gasteiger partial charge is 0.747 e. The first kappa shape index (κ1) is 60.6. The van der Waals surface area contributed by atoms with E-state index in [-0.39, 0.29) is 120 Å². The van der Waals surface area contributed by atoms with Gasteiger partial charge in [-0.05, 0) is 123 Å². The van der Waals surface area contributed by atoms with Crippen molar-refractivity contribution in [1.82, 2.24) is 0 Å². The number of hydrogen-bond acceptors (Lipinski definition) is 19. The van der Waals surface area contributed by atoms with Gasteiger partial charge in [0.2, 0.25) is 5.91 Å². The first-order chi connectivity index (χ1) is 32.1. The SMILES string of the molecule is CC1=CC(=O)C(C)=C(C)C1=O.Cc1c(C)c(O)c(N)c(C)c1O.Cc1c(C)c(O)c(N2C(=O)C=CC2=O)c(C)c1O.Cc1c(C)c(O)c(N2C(=O)CC(S(=O)(=O)[O-])C2=O)c(C)c1O.O=C1C=CC(=O)O1.[K+]. The zero-order valence-electron chi connectivity index (χ0n) is 41.1. The van der Waals surface area contributed by atoms with Gasteiger partial charge in [-0.3, -0.25) is 28.8 Å². The summed E-state index contributed by atoms with van der Waals surface area (Å²) in [6.07, 6.45) is 5.05. The maximum Gasteiger partial charge on any atom is 1.00 e. The van der Waals surface area contributed by atoms with Crippen LogP contribution in [0.2, 0.25) is 0 Å². The van der Waals surface area contributed by atoms with E-state index in [9.17, 15) is 82.0 Å². The molecule has 374 valence electrons. The molecule has 4 aliphatic rings. The molecular formula is C48H52KN3O18S. The minimum absolute atomic E-state index is 0. The summed E-state index contributed by atoms with van der Waals surface area (Å²) >= 11 is 0. The van der Waals surface area contributed by atoms with Crippen LogP contribution < -0.4 is 66.9 Å². The van der Waals surface area contributed by atoms with Gasteiger partial charge in [0.25, 0.3) is 17.7 Å². The van der Waals surface area contributed by atoms with Crippen LogP contribution in [0.4, 0.5) is 17.1 Å². The number of allylic oxidation sites excluding steroid dienone is 4. The Kier molecular flexibility index (Phi) is 20.2. The first-order valence-corrected chi connectivity index (χ1v) is 22.2. The number of amides is 4. The van der Waals surface area contributed by atoms with Crippen molar-refractivity contribution >= 4 is 74.3 Å². The van der Waals surface area contributed by atoms with E-state index in [1.807, 2.05) is 0 Å². The topological polar surface area (TPSA) is 357 Å². The Morgan fingerprint density at radius 1 is 0.535 bits per heavy atom. The van der Waals surface area contributed by atoms with Crippen LogP contribution in [0.1, 0.15) is 77.3 Å². The number of esters is 2. The van der Waals surface area contributed by atoms with Crippen LogP contribution >= 0.6 is 0 Å². The Morgan fingerprint density at radius 2 is 0.901 bits per heavy atom. The number of carbonyl (C=O) groups is 8. The zero-order valence-corrected chi connectivity index (χ0v) is 45.1. The largest absolute Gasteiger partial charge is 1.00 e. The molecule has 4 amide bonds. The van der Waals surface area contributed by atoms with Crippen molar-refractivity contribution in [2.75, 3.05) is 15.5 Å². The van der Waals surface area contributed by atoms with Crippen LogP contribution in [0.15, 0.2) is 47.1 Å². The normalized spacial score (nSPS) is 16.1. The molecule has 23 heteroatoms. The van der Waals surface area contributed by atoms with E-state index in [4.69, 9.17) is 5.73 Å². The van der Waals surface area contributed by atoms with Gasteiger partial charge in [-0.1, -0.05) is 0 Å². The van der Waals surface area contributed by atoms with Gasteiger partial charge >= 0.3 is 63.3 Å². The fourth-order valence-electron chi connectivity index (χ4n) is 6.91. The number of nitrogen functional groups attached to an aromatic ring is 1. The second kappa shape index (κ2) is 23.6. The Labute approximate surface area is 450 Å². The molecule has 0 saturated carbocycles. The van der Waals surface area contributed by atoms with E-state index in [1.54, 1.807) is 69.2 Å². The number of ether oxygens (including phenoxy) is 1. The van der Waals surface area contributed by atoms with E-state index >= 15 is 0 Å². The van der Waals surface area contributed by atoms with Gasteiger partial charge in [0.15, 0.2) is 11.6 Å². The number of rotatable bonds is 3. The molecule has 71 heavy (non-hydrogen) atoms. The van der Waals surface area contributed by atoms with Crippen LogP contribution in [0.5, 0.6) is 34.5 Å². The van der Waals surface area contributed by atoms with Gasteiger partial charge in [-0.15, -0.1) is 0 Å². The Bertz CT molecular complexity index is 2880. The van der Waals surface area contributed by atoms with Crippen LogP contribution in [0.3, 0.4) is 0 Å². The Balaban J connectivity index is 0.000000318. The van der Waals surface area contributed by atoms with Crippen LogP contribution in [-0.4, -0.2) is 96.0 Å². The molecule has 0 radical (unpaired) electrons. The molecule has 1 aliphatic carbocycles. The van der Waals surface area contributed by atoms with E-state index in [2.05, 4.69) is 4.74 Å². The Hall–Kier alpha value is -6.47. The summed E-state index contributed by atoms with van der Waals surface area (Å²) in [6.45, 7) is 19.4. The number of phenolic OH excluding ortho intramolecular Hbond substituents is 6. The summed E-state index contributed by atoms with van der Waals surface area (Å²) in [7, 11) is -4.99. The van der Waals surface area contributed by atoms with E-state index in [1.165, 1.54) is 19.9 Å². The van der Waals surface area contributed by atoms with Crippen LogP contribution in [0.25, 0.3) is 0 Å². The van der Waals surface area contributed by atoms with Gasteiger partial charge < -0.3 is 45.7 Å². The number of carbonyl (C=O) groups excluding carboxylic acids is 8. The number of imide groups is 2. The molecule has 3 heterocycles. The van der Waals surface area contributed by atoms with Crippen LogP contribution in [0, 0.1) is 62.3 Å². The van der Waals surface area contributed by atoms with Crippen molar-refractivity contribution in [2.24, 2.45) is 0 Å². The van der Waals surface area contributed by atoms with Crippen molar-refractivity contribution in [1.29, 1.82) is 0 Å². The molecular weight excluding hydrogens is 978 g/mol. The van der Waals surface area contributed by atoms with Crippen LogP contribution in [-0.2, 0) is 53.2 Å². The third-order valence-electron chi connectivity index (χ3n) is 11.9. The minimum Gasteiger partial charge on any atom is -0.747 e. The monoisotopic (exact) mass is 1030 g/mol. The molecule has 0 aromatic heterocycles. The molecule has 0 bridgehead atoms. The molecule has 0 spiro atoms. The van der Waals surface area contributed by atoms with Crippen molar-refractivity contribution in [3.63, 3.8) is 0 Å². The molecule has 1 atom stereocenters. The number of cyclic esters (lactones) is 2. The minimum atomic E-state index is -4.99. The number of anilines is 3. The van der Waals surface area contributed by atoms with Gasteiger partial charge in [-0.25, -0.2) is 27.8 Å². The first-order valence-electron chi connectivity index (χ1n) is 20.7. The van der Waals surface area contributed by atoms with E-state index < -0.39 is 63.1 Å². The number of nitrogens with two attached hydrogens (primary N) is 1. The van der Waals surface area contributed by atoms with Gasteiger partial charge in [0.1, 0.15) is 61.2 Å². The zero-order chi connectivity index (χ0) is 53.9. The van der Waals surface area contributed by atoms with E-state index in [0.29, 0.717) is 60.6 Å². The third kappa shape index (κ3) is 12.7. The summed E-state index contributed by atoms with van der Waals surface area (Å²) in [5.41, 5.74) is 11.0. The number of aromatic hydroxyl groups is 6. The fraction of sp³-hybridized carbons (Fsp3) is 0.292. The summed E-state index contributed by atoms with van der Waals surface area (Å²) in [5, 5.41) is 57.2. The fourth-order valence-corrected chi connectivity index (χ4v) is 7.61. The molecule has 21 nitrogen and oxygen atoms in total. The molecule has 1 fully saturated rings. The average molecular weight is 1030 g/mol. The van der Waals surface area contributed by atoms with Crippen molar-refractivity contribution in [3.8, 4) is 34.5 Å². The second-order valence-corrected chi connectivity index (χ2v) is 17.8. The van der Waals surface area contributed by atoms with Crippen molar-refractivity contribution < 1.29 is 138 Å². The molecule has 3 aromatic rings. The molecule has 1 unspecified atom stereocenters. The number of hydrogen-bond donors (Lipinski definition) is 7. The van der Waals surface area contributed by atoms with Gasteiger partial charge in [0.05, 0.1) is 12.1 Å². The van der Waals surface area contributed by atoms with Gasteiger partial charge in [0, 0.05) is 57.7 Å². The predicted molar refractivity (Wildman–Crippen MR) is 251 cm³/mol. The molecule has 8 N–H and O–H groups in total. The third-order valence-corrected chi connectivity index (χ3v) is 13.0.